The fourth-order valence-electron chi connectivity index (χ4n) is 2.66. The van der Waals surface area contributed by atoms with Crippen LogP contribution in [-0.2, 0) is 6.18 Å². The summed E-state index contributed by atoms with van der Waals surface area (Å²) < 4.78 is 38.9. The number of para-hydroxylation sites is 1. The molecular weight excluding hydrogens is 253 g/mol. The molecule has 1 fully saturated rings. The van der Waals surface area contributed by atoms with Gasteiger partial charge >= 0.3 is 6.18 Å². The number of alkyl halides is 3. The minimum absolute atomic E-state index is 0.111. The number of nitrogens with zero attached hydrogens (tertiary/aromatic N) is 1. The molecule has 0 aromatic heterocycles. The zero-order valence-corrected chi connectivity index (χ0v) is 11.0. The molecule has 1 aromatic carbocycles. The lowest BCUT2D eigenvalue weighted by Crippen LogP contribution is -2.40. The zero-order valence-electron chi connectivity index (χ0n) is 11.0. The molecule has 1 aliphatic rings. The summed E-state index contributed by atoms with van der Waals surface area (Å²) in [4.78, 5) is 1.82. The minimum atomic E-state index is -4.30. The van der Waals surface area contributed by atoms with Gasteiger partial charge in [0.2, 0.25) is 0 Å². The van der Waals surface area contributed by atoms with Crippen molar-refractivity contribution in [1.82, 2.24) is 0 Å². The summed E-state index contributed by atoms with van der Waals surface area (Å²) in [5.74, 6) is 0.411. The van der Waals surface area contributed by atoms with Crippen LogP contribution < -0.4 is 10.6 Å². The SMILES string of the molecule is CC(N)C1CCN(c2ccccc2C(F)(F)F)CC1. The summed E-state index contributed by atoms with van der Waals surface area (Å²) in [6.45, 7) is 3.24. The summed E-state index contributed by atoms with van der Waals surface area (Å²) in [6, 6.07) is 5.89. The lowest BCUT2D eigenvalue weighted by Gasteiger charge is -2.36. The first-order chi connectivity index (χ1) is 8.89. The van der Waals surface area contributed by atoms with Crippen LogP contribution in [0.15, 0.2) is 24.3 Å². The van der Waals surface area contributed by atoms with Gasteiger partial charge < -0.3 is 10.6 Å². The third-order valence-corrected chi connectivity index (χ3v) is 3.83. The molecule has 5 heteroatoms. The Kier molecular flexibility index (Phi) is 4.04. The second kappa shape index (κ2) is 5.41. The Bertz CT molecular complexity index is 421. The maximum absolute atomic E-state index is 13.0. The number of anilines is 1. The van der Waals surface area contributed by atoms with Crippen molar-refractivity contribution in [1.29, 1.82) is 0 Å². The molecular formula is C14H19F3N2. The van der Waals surface area contributed by atoms with Gasteiger partial charge in [-0.1, -0.05) is 12.1 Å². The van der Waals surface area contributed by atoms with Gasteiger partial charge in [0.15, 0.2) is 0 Å². The smallest absolute Gasteiger partial charge is 0.371 e. The van der Waals surface area contributed by atoms with E-state index in [4.69, 9.17) is 5.73 Å². The van der Waals surface area contributed by atoms with Gasteiger partial charge in [-0.15, -0.1) is 0 Å². The molecule has 1 heterocycles. The summed E-state index contributed by atoms with van der Waals surface area (Å²) in [6.07, 6.45) is -2.59. The summed E-state index contributed by atoms with van der Waals surface area (Å²) >= 11 is 0. The van der Waals surface area contributed by atoms with Crippen molar-refractivity contribution in [3.63, 3.8) is 0 Å². The second-order valence-corrected chi connectivity index (χ2v) is 5.20. The maximum atomic E-state index is 13.0. The van der Waals surface area contributed by atoms with Crippen LogP contribution in [0.5, 0.6) is 0 Å². The lowest BCUT2D eigenvalue weighted by atomic mass is 9.90. The van der Waals surface area contributed by atoms with E-state index < -0.39 is 11.7 Å². The normalized spacial score (nSPS) is 19.5. The molecule has 1 unspecified atom stereocenters. The first kappa shape index (κ1) is 14.2. The van der Waals surface area contributed by atoms with Crippen molar-refractivity contribution >= 4 is 5.69 Å². The van der Waals surface area contributed by atoms with E-state index in [1.807, 2.05) is 11.8 Å². The number of nitrogens with two attached hydrogens (primary N) is 1. The molecule has 1 aromatic rings. The molecule has 0 bridgehead atoms. The van der Waals surface area contributed by atoms with Gasteiger partial charge in [0.25, 0.3) is 0 Å². The second-order valence-electron chi connectivity index (χ2n) is 5.20. The van der Waals surface area contributed by atoms with Crippen LogP contribution >= 0.6 is 0 Å². The van der Waals surface area contributed by atoms with E-state index >= 15 is 0 Å². The number of hydrogen-bond acceptors (Lipinski definition) is 2. The number of halogens is 3. The maximum Gasteiger partial charge on any atom is 0.418 e. The van der Waals surface area contributed by atoms with Crippen molar-refractivity contribution in [2.75, 3.05) is 18.0 Å². The Morgan fingerprint density at radius 1 is 1.21 bits per heavy atom. The molecule has 0 saturated carbocycles. The fraction of sp³-hybridized carbons (Fsp3) is 0.571. The molecule has 0 radical (unpaired) electrons. The number of benzene rings is 1. The van der Waals surface area contributed by atoms with Crippen LogP contribution in [0, 0.1) is 5.92 Å². The van der Waals surface area contributed by atoms with Crippen LogP contribution in [0.1, 0.15) is 25.3 Å². The molecule has 0 aliphatic carbocycles. The lowest BCUT2D eigenvalue weighted by molar-refractivity contribution is -0.137. The third-order valence-electron chi connectivity index (χ3n) is 3.83. The molecule has 1 saturated heterocycles. The predicted molar refractivity (Wildman–Crippen MR) is 70.0 cm³/mol. The van der Waals surface area contributed by atoms with Crippen molar-refractivity contribution in [3.05, 3.63) is 29.8 Å². The van der Waals surface area contributed by atoms with Gasteiger partial charge in [-0.3, -0.25) is 0 Å². The Hall–Kier alpha value is -1.23. The Morgan fingerprint density at radius 2 is 1.79 bits per heavy atom. The highest BCUT2D eigenvalue weighted by Gasteiger charge is 2.35. The molecule has 106 valence electrons. The average molecular weight is 272 g/mol. The van der Waals surface area contributed by atoms with Gasteiger partial charge in [-0.05, 0) is 37.8 Å². The first-order valence-corrected chi connectivity index (χ1v) is 6.56. The van der Waals surface area contributed by atoms with Crippen LogP contribution in [0.2, 0.25) is 0 Å². The van der Waals surface area contributed by atoms with Gasteiger partial charge in [-0.25, -0.2) is 0 Å². The largest absolute Gasteiger partial charge is 0.418 e. The molecule has 2 nitrogen and oxygen atoms in total. The number of piperidine rings is 1. The Morgan fingerprint density at radius 3 is 2.32 bits per heavy atom. The summed E-state index contributed by atoms with van der Waals surface area (Å²) in [7, 11) is 0. The van der Waals surface area contributed by atoms with Crippen molar-refractivity contribution in [2.45, 2.75) is 32.0 Å². The van der Waals surface area contributed by atoms with Gasteiger partial charge in [0, 0.05) is 24.8 Å². The summed E-state index contributed by atoms with van der Waals surface area (Å²) in [5.41, 5.74) is 5.59. The molecule has 2 N–H and O–H groups in total. The first-order valence-electron chi connectivity index (χ1n) is 6.56. The standard InChI is InChI=1S/C14H19F3N2/c1-10(18)11-6-8-19(9-7-11)13-5-3-2-4-12(13)14(15,16)17/h2-5,10-11H,6-9,18H2,1H3. The van der Waals surface area contributed by atoms with Gasteiger partial charge in [0.05, 0.1) is 5.56 Å². The number of rotatable bonds is 2. The Balaban J connectivity index is 2.16. The van der Waals surface area contributed by atoms with Crippen molar-refractivity contribution in [3.8, 4) is 0 Å². The quantitative estimate of drug-likeness (QED) is 0.895. The van der Waals surface area contributed by atoms with E-state index in [1.54, 1.807) is 12.1 Å². The van der Waals surface area contributed by atoms with E-state index in [0.717, 1.165) is 18.9 Å². The van der Waals surface area contributed by atoms with Gasteiger partial charge in [0.1, 0.15) is 0 Å². The average Bonchev–Trinajstić information content (AvgIpc) is 2.38. The Labute approximate surface area is 111 Å². The van der Waals surface area contributed by atoms with E-state index in [2.05, 4.69) is 0 Å². The van der Waals surface area contributed by atoms with E-state index in [-0.39, 0.29) is 11.7 Å². The van der Waals surface area contributed by atoms with E-state index in [9.17, 15) is 13.2 Å². The highest BCUT2D eigenvalue weighted by Crippen LogP contribution is 2.37. The topological polar surface area (TPSA) is 29.3 Å². The molecule has 2 rings (SSSR count). The molecule has 19 heavy (non-hydrogen) atoms. The molecule has 1 aliphatic heterocycles. The predicted octanol–water partition coefficient (Wildman–Crippen LogP) is 3.27. The number of hydrogen-bond donors (Lipinski definition) is 1. The fourth-order valence-corrected chi connectivity index (χ4v) is 2.66. The van der Waals surface area contributed by atoms with E-state index in [1.165, 1.54) is 6.07 Å². The highest BCUT2D eigenvalue weighted by atomic mass is 19.4. The van der Waals surface area contributed by atoms with Gasteiger partial charge in [-0.2, -0.15) is 13.2 Å². The molecule has 0 spiro atoms. The van der Waals surface area contributed by atoms with Crippen molar-refractivity contribution < 1.29 is 13.2 Å². The van der Waals surface area contributed by atoms with Crippen LogP contribution in [0.25, 0.3) is 0 Å². The minimum Gasteiger partial charge on any atom is -0.371 e. The zero-order chi connectivity index (χ0) is 14.0. The van der Waals surface area contributed by atoms with Crippen LogP contribution in [0.3, 0.4) is 0 Å². The van der Waals surface area contributed by atoms with Crippen LogP contribution in [-0.4, -0.2) is 19.1 Å². The summed E-state index contributed by atoms with van der Waals surface area (Å²) in [5, 5.41) is 0. The third kappa shape index (κ3) is 3.21. The van der Waals surface area contributed by atoms with Crippen molar-refractivity contribution in [2.24, 2.45) is 11.7 Å². The van der Waals surface area contributed by atoms with E-state index in [0.29, 0.717) is 19.0 Å². The highest BCUT2D eigenvalue weighted by molar-refractivity contribution is 5.55. The molecule has 1 atom stereocenters. The van der Waals surface area contributed by atoms with Crippen LogP contribution in [0.4, 0.5) is 18.9 Å². The monoisotopic (exact) mass is 272 g/mol. The molecule has 0 amide bonds.